The third-order valence-electron chi connectivity index (χ3n) is 9.51. The molecule has 0 unspecified atom stereocenters. The van der Waals surface area contributed by atoms with Gasteiger partial charge in [0.1, 0.15) is 0 Å². The largest absolute Gasteiger partial charge is 0.247 e. The number of benzene rings is 6. The summed E-state index contributed by atoms with van der Waals surface area (Å²) in [6.07, 6.45) is 1.80. The molecule has 0 aliphatic carbocycles. The average molecular weight is 638 g/mol. The molecule has 0 spiro atoms. The maximum atomic E-state index is 5.16. The van der Waals surface area contributed by atoms with E-state index in [9.17, 15) is 0 Å². The smallest absolute Gasteiger partial charge is 0.159 e. The van der Waals surface area contributed by atoms with Gasteiger partial charge in [-0.3, -0.25) is 0 Å². The molecule has 0 atom stereocenters. The van der Waals surface area contributed by atoms with Crippen LogP contribution in [-0.4, -0.2) is 24.9 Å². The van der Waals surface area contributed by atoms with Crippen molar-refractivity contribution in [2.45, 2.75) is 0 Å². The lowest BCUT2D eigenvalue weighted by molar-refractivity contribution is 1.17. The number of para-hydroxylation sites is 1. The van der Waals surface area contributed by atoms with E-state index in [1.165, 1.54) is 16.2 Å². The summed E-state index contributed by atoms with van der Waals surface area (Å²) in [7, 11) is 0. The minimum atomic E-state index is 0.640. The van der Waals surface area contributed by atoms with Crippen LogP contribution in [0.2, 0.25) is 0 Å². The summed E-state index contributed by atoms with van der Waals surface area (Å²) in [6, 6.07) is 54.4. The fourth-order valence-electron chi connectivity index (χ4n) is 7.04. The van der Waals surface area contributed by atoms with Crippen LogP contribution < -0.4 is 0 Å². The molecule has 232 valence electrons. The van der Waals surface area contributed by atoms with Crippen LogP contribution in [0, 0.1) is 0 Å². The number of fused-ring (bicyclic) bond motifs is 8. The summed E-state index contributed by atoms with van der Waals surface area (Å²) in [6.45, 7) is 0. The molecular formula is C45H27N5. The predicted molar refractivity (Wildman–Crippen MR) is 205 cm³/mol. The molecule has 4 heterocycles. The zero-order valence-corrected chi connectivity index (χ0v) is 26.8. The molecule has 0 fully saturated rings. The van der Waals surface area contributed by atoms with E-state index in [1.54, 1.807) is 6.20 Å². The SMILES string of the molecule is c1ccc(-c2ccc3ccc4ccc(-c5ccnc(-c6ccc(-c7nc8ccccc8c8c7ccc7ccccc78)cc6)n5)nc4c3n2)cc1. The lowest BCUT2D eigenvalue weighted by atomic mass is 9.95. The molecule has 0 saturated carbocycles. The van der Waals surface area contributed by atoms with Gasteiger partial charge in [-0.05, 0) is 35.0 Å². The van der Waals surface area contributed by atoms with Crippen molar-refractivity contribution in [3.05, 3.63) is 164 Å². The van der Waals surface area contributed by atoms with E-state index >= 15 is 0 Å². The highest BCUT2D eigenvalue weighted by Crippen LogP contribution is 2.37. The van der Waals surface area contributed by atoms with E-state index in [2.05, 4.69) is 132 Å². The van der Waals surface area contributed by atoms with E-state index in [0.29, 0.717) is 5.82 Å². The summed E-state index contributed by atoms with van der Waals surface area (Å²) >= 11 is 0. The summed E-state index contributed by atoms with van der Waals surface area (Å²) in [4.78, 5) is 25.0. The van der Waals surface area contributed by atoms with Crippen molar-refractivity contribution >= 4 is 54.3 Å². The number of rotatable bonds is 4. The van der Waals surface area contributed by atoms with E-state index in [-0.39, 0.29) is 0 Å². The molecule has 4 aromatic heterocycles. The van der Waals surface area contributed by atoms with E-state index in [1.807, 2.05) is 30.3 Å². The van der Waals surface area contributed by atoms with Crippen LogP contribution in [0.15, 0.2) is 164 Å². The Bertz CT molecular complexity index is 2900. The van der Waals surface area contributed by atoms with E-state index in [0.717, 1.165) is 77.6 Å². The van der Waals surface area contributed by atoms with Gasteiger partial charge in [0, 0.05) is 49.8 Å². The molecule has 50 heavy (non-hydrogen) atoms. The van der Waals surface area contributed by atoms with Gasteiger partial charge < -0.3 is 0 Å². The van der Waals surface area contributed by atoms with Crippen LogP contribution in [0.4, 0.5) is 0 Å². The Morgan fingerprint density at radius 2 is 0.960 bits per heavy atom. The number of aromatic nitrogens is 5. The van der Waals surface area contributed by atoms with E-state index < -0.39 is 0 Å². The van der Waals surface area contributed by atoms with Gasteiger partial charge >= 0.3 is 0 Å². The third kappa shape index (κ3) is 4.67. The highest BCUT2D eigenvalue weighted by molar-refractivity contribution is 6.22. The van der Waals surface area contributed by atoms with Crippen LogP contribution in [0.5, 0.6) is 0 Å². The molecule has 6 aromatic carbocycles. The Labute approximate surface area is 287 Å². The number of hydrogen-bond donors (Lipinski definition) is 0. The van der Waals surface area contributed by atoms with Crippen molar-refractivity contribution in [3.63, 3.8) is 0 Å². The van der Waals surface area contributed by atoms with Crippen LogP contribution in [-0.2, 0) is 0 Å². The zero-order chi connectivity index (χ0) is 33.0. The molecule has 10 aromatic rings. The average Bonchev–Trinajstić information content (AvgIpc) is 3.20. The van der Waals surface area contributed by atoms with Gasteiger partial charge in [-0.2, -0.15) is 0 Å². The van der Waals surface area contributed by atoms with Crippen LogP contribution >= 0.6 is 0 Å². The van der Waals surface area contributed by atoms with Gasteiger partial charge in [-0.25, -0.2) is 24.9 Å². The first-order valence-electron chi connectivity index (χ1n) is 16.7. The van der Waals surface area contributed by atoms with Crippen molar-refractivity contribution in [2.75, 3.05) is 0 Å². The highest BCUT2D eigenvalue weighted by Gasteiger charge is 2.15. The predicted octanol–water partition coefficient (Wildman–Crippen LogP) is 11.1. The molecule has 5 nitrogen and oxygen atoms in total. The van der Waals surface area contributed by atoms with Gasteiger partial charge in [-0.1, -0.05) is 133 Å². The molecule has 0 N–H and O–H groups in total. The Kier molecular flexibility index (Phi) is 6.42. The van der Waals surface area contributed by atoms with Crippen LogP contribution in [0.1, 0.15) is 0 Å². The lowest BCUT2D eigenvalue weighted by Crippen LogP contribution is -1.95. The molecule has 5 heteroatoms. The topological polar surface area (TPSA) is 64.5 Å². The van der Waals surface area contributed by atoms with Gasteiger partial charge in [-0.15, -0.1) is 0 Å². The van der Waals surface area contributed by atoms with Gasteiger partial charge in [0.25, 0.3) is 0 Å². The summed E-state index contributed by atoms with van der Waals surface area (Å²) in [5.74, 6) is 0.640. The maximum Gasteiger partial charge on any atom is 0.159 e. The molecule has 0 radical (unpaired) electrons. The quantitative estimate of drug-likeness (QED) is 0.180. The molecule has 0 aliphatic heterocycles. The first-order valence-corrected chi connectivity index (χ1v) is 16.7. The normalized spacial score (nSPS) is 11.6. The Balaban J connectivity index is 1.04. The van der Waals surface area contributed by atoms with Gasteiger partial charge in [0.05, 0.1) is 39.3 Å². The fraction of sp³-hybridized carbons (Fsp3) is 0. The molecular weight excluding hydrogens is 611 g/mol. The Morgan fingerprint density at radius 3 is 1.78 bits per heavy atom. The lowest BCUT2D eigenvalue weighted by Gasteiger charge is -2.13. The van der Waals surface area contributed by atoms with Crippen molar-refractivity contribution in [1.82, 2.24) is 24.9 Å². The minimum absolute atomic E-state index is 0.640. The van der Waals surface area contributed by atoms with Crippen molar-refractivity contribution < 1.29 is 0 Å². The second kappa shape index (κ2) is 11.4. The Morgan fingerprint density at radius 1 is 0.340 bits per heavy atom. The van der Waals surface area contributed by atoms with Crippen molar-refractivity contribution in [3.8, 4) is 45.3 Å². The molecule has 10 rings (SSSR count). The summed E-state index contributed by atoms with van der Waals surface area (Å²) in [5, 5.41) is 8.05. The van der Waals surface area contributed by atoms with Crippen LogP contribution in [0.25, 0.3) is 99.5 Å². The van der Waals surface area contributed by atoms with Crippen LogP contribution in [0.3, 0.4) is 0 Å². The molecule has 0 aliphatic rings. The number of nitrogens with zero attached hydrogens (tertiary/aromatic N) is 5. The third-order valence-corrected chi connectivity index (χ3v) is 9.51. The number of hydrogen-bond acceptors (Lipinski definition) is 5. The zero-order valence-electron chi connectivity index (χ0n) is 26.8. The van der Waals surface area contributed by atoms with Crippen molar-refractivity contribution in [2.24, 2.45) is 0 Å². The standard InChI is InChI=1S/C45H27N5/c1-2-9-29(10-3-1)37-24-21-31-14-15-32-22-25-39(49-44(32)43(31)47-37)40-26-27-46-45(50-40)33-18-16-30(17-19-33)42-36-23-20-28-8-4-5-11-34(28)41(36)35-12-6-7-13-38(35)48-42/h1-27H. The Hall–Kier alpha value is -6.85. The monoisotopic (exact) mass is 637 g/mol. The second-order valence-corrected chi connectivity index (χ2v) is 12.5. The summed E-state index contributed by atoms with van der Waals surface area (Å²) < 4.78 is 0. The van der Waals surface area contributed by atoms with E-state index in [4.69, 9.17) is 19.9 Å². The molecule has 0 bridgehead atoms. The second-order valence-electron chi connectivity index (χ2n) is 12.5. The highest BCUT2D eigenvalue weighted by atomic mass is 14.9. The minimum Gasteiger partial charge on any atom is -0.247 e. The van der Waals surface area contributed by atoms with Gasteiger partial charge in [0.2, 0.25) is 0 Å². The fourth-order valence-corrected chi connectivity index (χ4v) is 7.04. The maximum absolute atomic E-state index is 5.16. The first-order chi connectivity index (χ1) is 24.8. The van der Waals surface area contributed by atoms with Crippen molar-refractivity contribution in [1.29, 1.82) is 0 Å². The molecule has 0 saturated heterocycles. The van der Waals surface area contributed by atoms with Gasteiger partial charge in [0.15, 0.2) is 5.82 Å². The number of pyridine rings is 3. The molecule has 0 amide bonds. The first kappa shape index (κ1) is 28.2. The summed E-state index contributed by atoms with van der Waals surface area (Å²) in [5.41, 5.74) is 9.16.